The molecular weight excluding hydrogens is 226 g/mol. The smallest absolute Gasteiger partial charge is 0.123 e. The largest absolute Gasteiger partial charge is 0.488 e. The Kier molecular flexibility index (Phi) is 3.27. The van der Waals surface area contributed by atoms with Crippen LogP contribution in [-0.4, -0.2) is 42.4 Å². The lowest BCUT2D eigenvalue weighted by atomic mass is 9.82. The Labute approximate surface area is 108 Å². The average Bonchev–Trinajstić information content (AvgIpc) is 2.68. The van der Waals surface area contributed by atoms with Gasteiger partial charge < -0.3 is 14.7 Å². The second-order valence-corrected chi connectivity index (χ2v) is 5.76. The van der Waals surface area contributed by atoms with Gasteiger partial charge >= 0.3 is 0 Å². The maximum absolute atomic E-state index is 9.29. The standard InChI is InChI=1S/C15H21NO2/c1-16(9-11-6-13(17)7-11)10-14-8-12-4-2-3-5-15(12)18-14/h2-5,11,13-14,17H,6-10H2,1H3. The molecule has 1 aliphatic heterocycles. The van der Waals surface area contributed by atoms with Crippen LogP contribution in [-0.2, 0) is 6.42 Å². The molecule has 1 aromatic carbocycles. The van der Waals surface area contributed by atoms with Crippen LogP contribution in [0.25, 0.3) is 0 Å². The molecule has 1 aliphatic carbocycles. The average molecular weight is 247 g/mol. The summed E-state index contributed by atoms with van der Waals surface area (Å²) in [6.07, 6.45) is 3.20. The molecule has 2 aliphatic rings. The van der Waals surface area contributed by atoms with Crippen molar-refractivity contribution in [2.75, 3.05) is 20.1 Å². The molecule has 3 nitrogen and oxygen atoms in total. The van der Waals surface area contributed by atoms with Crippen molar-refractivity contribution < 1.29 is 9.84 Å². The van der Waals surface area contributed by atoms with E-state index >= 15 is 0 Å². The minimum atomic E-state index is -0.0459. The normalized spacial score (nSPS) is 29.8. The molecule has 1 N–H and O–H groups in total. The molecule has 1 atom stereocenters. The van der Waals surface area contributed by atoms with Crippen LogP contribution in [0, 0.1) is 5.92 Å². The van der Waals surface area contributed by atoms with Crippen LogP contribution in [0.15, 0.2) is 24.3 Å². The van der Waals surface area contributed by atoms with E-state index in [9.17, 15) is 5.11 Å². The third kappa shape index (κ3) is 2.52. The Morgan fingerprint density at radius 1 is 1.28 bits per heavy atom. The van der Waals surface area contributed by atoms with Crippen molar-refractivity contribution in [3.8, 4) is 5.75 Å². The minimum absolute atomic E-state index is 0.0459. The molecular formula is C15H21NO2. The number of para-hydroxylation sites is 1. The van der Waals surface area contributed by atoms with Crippen LogP contribution >= 0.6 is 0 Å². The zero-order valence-corrected chi connectivity index (χ0v) is 10.9. The Morgan fingerprint density at radius 3 is 2.78 bits per heavy atom. The van der Waals surface area contributed by atoms with E-state index in [2.05, 4.69) is 30.1 Å². The molecule has 1 aromatic rings. The van der Waals surface area contributed by atoms with E-state index in [1.165, 1.54) is 5.56 Å². The molecule has 1 heterocycles. The molecule has 18 heavy (non-hydrogen) atoms. The van der Waals surface area contributed by atoms with E-state index in [4.69, 9.17) is 4.74 Å². The molecule has 0 amide bonds. The van der Waals surface area contributed by atoms with Crippen LogP contribution in [0.1, 0.15) is 18.4 Å². The topological polar surface area (TPSA) is 32.7 Å². The van der Waals surface area contributed by atoms with Crippen molar-refractivity contribution in [2.45, 2.75) is 31.5 Å². The summed E-state index contributed by atoms with van der Waals surface area (Å²) in [5, 5.41) is 9.29. The van der Waals surface area contributed by atoms with E-state index in [1.54, 1.807) is 0 Å². The van der Waals surface area contributed by atoms with Gasteiger partial charge in [-0.15, -0.1) is 0 Å². The van der Waals surface area contributed by atoms with Gasteiger partial charge in [0.15, 0.2) is 0 Å². The summed E-state index contributed by atoms with van der Waals surface area (Å²) in [5.41, 5.74) is 1.33. The Hall–Kier alpha value is -1.06. The third-order valence-corrected chi connectivity index (χ3v) is 4.01. The van der Waals surface area contributed by atoms with Gasteiger partial charge in [0, 0.05) is 19.5 Å². The predicted octanol–water partition coefficient (Wildman–Crippen LogP) is 1.69. The molecule has 1 fully saturated rings. The van der Waals surface area contributed by atoms with Gasteiger partial charge in [0.1, 0.15) is 11.9 Å². The number of fused-ring (bicyclic) bond motifs is 1. The number of nitrogens with zero attached hydrogens (tertiary/aromatic N) is 1. The molecule has 3 rings (SSSR count). The van der Waals surface area contributed by atoms with Crippen molar-refractivity contribution in [1.29, 1.82) is 0 Å². The van der Waals surface area contributed by atoms with Crippen molar-refractivity contribution in [3.05, 3.63) is 29.8 Å². The highest BCUT2D eigenvalue weighted by Gasteiger charge is 2.29. The zero-order valence-electron chi connectivity index (χ0n) is 10.9. The van der Waals surface area contributed by atoms with Gasteiger partial charge in [-0.1, -0.05) is 18.2 Å². The lowest BCUT2D eigenvalue weighted by Gasteiger charge is -2.35. The van der Waals surface area contributed by atoms with Gasteiger partial charge in [0.25, 0.3) is 0 Å². The molecule has 0 bridgehead atoms. The lowest BCUT2D eigenvalue weighted by Crippen LogP contribution is -2.40. The second kappa shape index (κ2) is 4.90. The molecule has 1 saturated carbocycles. The quantitative estimate of drug-likeness (QED) is 0.879. The summed E-state index contributed by atoms with van der Waals surface area (Å²) in [7, 11) is 2.15. The number of likely N-dealkylation sites (N-methyl/N-ethyl adjacent to an activating group) is 1. The fraction of sp³-hybridized carbons (Fsp3) is 0.600. The van der Waals surface area contributed by atoms with Crippen molar-refractivity contribution in [1.82, 2.24) is 4.90 Å². The number of hydrogen-bond acceptors (Lipinski definition) is 3. The van der Waals surface area contributed by atoms with Crippen molar-refractivity contribution >= 4 is 0 Å². The number of ether oxygens (including phenoxy) is 1. The fourth-order valence-corrected chi connectivity index (χ4v) is 3.07. The highest BCUT2D eigenvalue weighted by Crippen LogP contribution is 2.30. The summed E-state index contributed by atoms with van der Waals surface area (Å²) < 4.78 is 5.94. The summed E-state index contributed by atoms with van der Waals surface area (Å²) in [6, 6.07) is 8.31. The van der Waals surface area contributed by atoms with Gasteiger partial charge in [-0.2, -0.15) is 0 Å². The monoisotopic (exact) mass is 247 g/mol. The third-order valence-electron chi connectivity index (χ3n) is 4.01. The maximum atomic E-state index is 9.29. The fourth-order valence-electron chi connectivity index (χ4n) is 3.07. The molecule has 0 saturated heterocycles. The lowest BCUT2D eigenvalue weighted by molar-refractivity contribution is 0.0239. The number of rotatable bonds is 4. The number of hydrogen-bond donors (Lipinski definition) is 1. The maximum Gasteiger partial charge on any atom is 0.123 e. The number of aliphatic hydroxyl groups is 1. The summed E-state index contributed by atoms with van der Waals surface area (Å²) in [5.74, 6) is 1.73. The van der Waals surface area contributed by atoms with E-state index in [-0.39, 0.29) is 12.2 Å². The molecule has 1 unspecified atom stereocenters. The van der Waals surface area contributed by atoms with Crippen molar-refractivity contribution in [3.63, 3.8) is 0 Å². The van der Waals surface area contributed by atoms with Crippen LogP contribution in [0.4, 0.5) is 0 Å². The Morgan fingerprint density at radius 2 is 2.06 bits per heavy atom. The van der Waals surface area contributed by atoms with Crippen LogP contribution in [0.5, 0.6) is 5.75 Å². The van der Waals surface area contributed by atoms with Gasteiger partial charge in [-0.05, 0) is 37.4 Å². The summed E-state index contributed by atoms with van der Waals surface area (Å²) in [6.45, 7) is 2.05. The summed E-state index contributed by atoms with van der Waals surface area (Å²) in [4.78, 5) is 2.34. The van der Waals surface area contributed by atoms with Crippen LogP contribution in [0.2, 0.25) is 0 Å². The first-order chi connectivity index (χ1) is 8.70. The van der Waals surface area contributed by atoms with Crippen molar-refractivity contribution in [2.24, 2.45) is 5.92 Å². The molecule has 0 radical (unpaired) electrons. The highest BCUT2D eigenvalue weighted by molar-refractivity contribution is 5.37. The van der Waals surface area contributed by atoms with Gasteiger partial charge in [-0.25, -0.2) is 0 Å². The SMILES string of the molecule is CN(CC1CC(O)C1)CC1Cc2ccccc2O1. The Balaban J connectivity index is 1.47. The number of aliphatic hydroxyl groups excluding tert-OH is 1. The predicted molar refractivity (Wildman–Crippen MR) is 70.8 cm³/mol. The second-order valence-electron chi connectivity index (χ2n) is 5.76. The molecule has 0 spiro atoms. The van der Waals surface area contributed by atoms with Crippen LogP contribution in [0.3, 0.4) is 0 Å². The van der Waals surface area contributed by atoms with Gasteiger partial charge in [0.2, 0.25) is 0 Å². The minimum Gasteiger partial charge on any atom is -0.488 e. The highest BCUT2D eigenvalue weighted by atomic mass is 16.5. The van der Waals surface area contributed by atoms with E-state index in [1.807, 2.05) is 6.07 Å². The Bertz CT molecular complexity index is 390. The number of benzene rings is 1. The van der Waals surface area contributed by atoms with E-state index in [0.717, 1.165) is 38.1 Å². The van der Waals surface area contributed by atoms with Gasteiger partial charge in [-0.3, -0.25) is 0 Å². The molecule has 98 valence electrons. The van der Waals surface area contributed by atoms with Gasteiger partial charge in [0.05, 0.1) is 6.10 Å². The first-order valence-electron chi connectivity index (χ1n) is 6.82. The van der Waals surface area contributed by atoms with Crippen LogP contribution < -0.4 is 4.74 Å². The van der Waals surface area contributed by atoms with E-state index < -0.39 is 0 Å². The molecule has 0 aromatic heterocycles. The first kappa shape index (κ1) is 12.0. The molecule has 3 heteroatoms. The first-order valence-corrected chi connectivity index (χ1v) is 6.82. The van der Waals surface area contributed by atoms with E-state index in [0.29, 0.717) is 5.92 Å². The summed E-state index contributed by atoms with van der Waals surface area (Å²) >= 11 is 0. The zero-order chi connectivity index (χ0) is 12.5.